The molecule has 7 heteroatoms. The Kier molecular flexibility index (Phi) is 6.64. The van der Waals surface area contributed by atoms with Crippen molar-refractivity contribution in [2.45, 2.75) is 92.8 Å². The van der Waals surface area contributed by atoms with Crippen molar-refractivity contribution in [3.63, 3.8) is 0 Å². The van der Waals surface area contributed by atoms with E-state index < -0.39 is 34.9 Å². The number of carbonyl (C=O) groups excluding carboxylic acids is 2. The fourth-order valence-electron chi connectivity index (χ4n) is 7.77. The first kappa shape index (κ1) is 28.0. The van der Waals surface area contributed by atoms with Gasteiger partial charge in [0.2, 0.25) is 0 Å². The van der Waals surface area contributed by atoms with Gasteiger partial charge in [0.25, 0.3) is 0 Å². The molecule has 206 valence electrons. The van der Waals surface area contributed by atoms with Crippen molar-refractivity contribution in [2.75, 3.05) is 6.61 Å². The third-order valence-corrected chi connectivity index (χ3v) is 10.5. The molecule has 0 aromatic carbocycles. The van der Waals surface area contributed by atoms with Crippen LogP contribution < -0.4 is 0 Å². The fourth-order valence-corrected chi connectivity index (χ4v) is 7.77. The van der Waals surface area contributed by atoms with Gasteiger partial charge in [-0.25, -0.2) is 4.79 Å². The van der Waals surface area contributed by atoms with Crippen LogP contribution in [0.3, 0.4) is 0 Å². The van der Waals surface area contributed by atoms with Gasteiger partial charge in [-0.1, -0.05) is 54.5 Å². The number of nitrogens with zero attached hydrogens (tertiary/aromatic N) is 2. The van der Waals surface area contributed by atoms with Gasteiger partial charge in [-0.15, -0.1) is 0 Å². The molecule has 4 rings (SSSR count). The highest BCUT2D eigenvalue weighted by molar-refractivity contribution is 5.92. The Hall–Kier alpha value is -1.99. The van der Waals surface area contributed by atoms with E-state index in [1.807, 2.05) is 40.7 Å². The van der Waals surface area contributed by atoms with E-state index in [4.69, 9.17) is 4.74 Å². The maximum Gasteiger partial charge on any atom is 0.357 e. The molecular formula is C30H46N2O5. The maximum absolute atomic E-state index is 14.4. The fraction of sp³-hybridized carbons (Fsp3) is 0.767. The smallest absolute Gasteiger partial charge is 0.357 e. The van der Waals surface area contributed by atoms with Gasteiger partial charge < -0.3 is 14.9 Å². The Morgan fingerprint density at radius 3 is 2.35 bits per heavy atom. The Bertz CT molecular complexity index is 1130. The third-order valence-electron chi connectivity index (χ3n) is 10.5. The Labute approximate surface area is 221 Å². The number of aliphatic hydroxyl groups excluding tert-OH is 2. The molecule has 8 atom stereocenters. The number of hydrogen-bond acceptors (Lipinski definition) is 6. The quantitative estimate of drug-likeness (QED) is 0.455. The van der Waals surface area contributed by atoms with Gasteiger partial charge in [-0.3, -0.25) is 9.48 Å². The number of aromatic nitrogens is 2. The average molecular weight is 515 g/mol. The molecule has 0 radical (unpaired) electrons. The Balaban J connectivity index is 1.76. The first-order valence-electron chi connectivity index (χ1n) is 13.7. The van der Waals surface area contributed by atoms with E-state index in [0.717, 1.165) is 17.7 Å². The predicted molar refractivity (Wildman–Crippen MR) is 142 cm³/mol. The molecule has 37 heavy (non-hydrogen) atoms. The minimum Gasteiger partial charge on any atom is -0.452 e. The van der Waals surface area contributed by atoms with Crippen molar-refractivity contribution < 1.29 is 24.5 Å². The molecule has 1 aromatic heterocycles. The largest absolute Gasteiger partial charge is 0.452 e. The highest BCUT2D eigenvalue weighted by Gasteiger charge is 2.70. The molecule has 2 saturated carbocycles. The average Bonchev–Trinajstić information content (AvgIpc) is 3.05. The van der Waals surface area contributed by atoms with Gasteiger partial charge in [0, 0.05) is 18.4 Å². The summed E-state index contributed by atoms with van der Waals surface area (Å²) in [5.41, 5.74) is -0.372. The first-order chi connectivity index (χ1) is 16.9. The van der Waals surface area contributed by atoms with Crippen LogP contribution in [-0.4, -0.2) is 50.6 Å². The molecule has 0 saturated heterocycles. The number of fused-ring (bicyclic) bond motifs is 1. The van der Waals surface area contributed by atoms with Crippen LogP contribution in [0.4, 0.5) is 0 Å². The highest BCUT2D eigenvalue weighted by atomic mass is 16.5. The lowest BCUT2D eigenvalue weighted by atomic mass is 9.52. The van der Waals surface area contributed by atoms with Crippen LogP contribution in [0.25, 0.3) is 0 Å². The number of ketones is 1. The van der Waals surface area contributed by atoms with Crippen LogP contribution in [0.1, 0.15) is 91.3 Å². The minimum atomic E-state index is -1.09. The first-order valence-corrected chi connectivity index (χ1v) is 13.7. The van der Waals surface area contributed by atoms with Crippen molar-refractivity contribution in [3.05, 3.63) is 29.1 Å². The number of allylic oxidation sites excluding steroid dienone is 1. The topological polar surface area (TPSA) is 102 Å². The number of aryl methyl sites for hydroxylation is 1. The summed E-state index contributed by atoms with van der Waals surface area (Å²) in [7, 11) is 1.72. The second-order valence-electron chi connectivity index (χ2n) is 13.9. The summed E-state index contributed by atoms with van der Waals surface area (Å²) in [5, 5.41) is 26.2. The number of aliphatic hydroxyl groups is 2. The molecule has 0 amide bonds. The van der Waals surface area contributed by atoms with E-state index in [9.17, 15) is 19.8 Å². The molecule has 0 aliphatic heterocycles. The highest BCUT2D eigenvalue weighted by Crippen LogP contribution is 2.69. The van der Waals surface area contributed by atoms with Crippen molar-refractivity contribution in [1.82, 2.24) is 9.78 Å². The summed E-state index contributed by atoms with van der Waals surface area (Å²) < 4.78 is 7.73. The monoisotopic (exact) mass is 514 g/mol. The van der Waals surface area contributed by atoms with Crippen molar-refractivity contribution in [1.29, 1.82) is 0 Å². The molecule has 1 unspecified atom stereocenters. The molecule has 7 nitrogen and oxygen atoms in total. The number of rotatable bonds is 4. The Morgan fingerprint density at radius 2 is 1.84 bits per heavy atom. The molecule has 1 spiro atoms. The predicted octanol–water partition coefficient (Wildman–Crippen LogP) is 4.46. The van der Waals surface area contributed by atoms with Gasteiger partial charge in [0.15, 0.2) is 0 Å². The summed E-state index contributed by atoms with van der Waals surface area (Å²) in [6, 6.07) is 1.76. The normalized spacial score (nSPS) is 38.0. The molecule has 1 aromatic rings. The van der Waals surface area contributed by atoms with Gasteiger partial charge in [-0.05, 0) is 61.5 Å². The lowest BCUT2D eigenvalue weighted by molar-refractivity contribution is -0.160. The van der Waals surface area contributed by atoms with Crippen molar-refractivity contribution in [2.24, 2.45) is 47.0 Å². The molecular weight excluding hydrogens is 468 g/mol. The second-order valence-corrected chi connectivity index (χ2v) is 13.9. The molecule has 2 N–H and O–H groups in total. The zero-order chi connectivity index (χ0) is 27.9. The van der Waals surface area contributed by atoms with Gasteiger partial charge in [-0.2, -0.15) is 5.10 Å². The van der Waals surface area contributed by atoms with Gasteiger partial charge in [0.1, 0.15) is 17.6 Å². The molecule has 0 bridgehead atoms. The zero-order valence-electron chi connectivity index (χ0n) is 24.3. The minimum absolute atomic E-state index is 0.0412. The summed E-state index contributed by atoms with van der Waals surface area (Å²) in [4.78, 5) is 27.9. The number of hydrogen-bond donors (Lipinski definition) is 2. The van der Waals surface area contributed by atoms with Gasteiger partial charge in [0.05, 0.1) is 29.2 Å². The Morgan fingerprint density at radius 1 is 1.24 bits per heavy atom. The maximum atomic E-state index is 14.4. The number of carbonyl (C=O) groups is 2. The number of esters is 1. The van der Waals surface area contributed by atoms with Crippen molar-refractivity contribution in [3.8, 4) is 0 Å². The van der Waals surface area contributed by atoms with E-state index in [-0.39, 0.29) is 29.1 Å². The SMILES string of the molecule is CC1=C[C@]2(C(=O)[C@@H](CO)C[C@H]3[C@@H](C[C@H]2C)C3(C)C)C(C)([C@@H](C)O)[C@H]1OC(=O)c1cc(C(C)(C)C)nn1C. The molecule has 3 aliphatic carbocycles. The summed E-state index contributed by atoms with van der Waals surface area (Å²) >= 11 is 0. The van der Waals surface area contributed by atoms with Gasteiger partial charge >= 0.3 is 5.97 Å². The lowest BCUT2D eigenvalue weighted by Gasteiger charge is -2.51. The van der Waals surface area contributed by atoms with Crippen LogP contribution >= 0.6 is 0 Å². The summed E-state index contributed by atoms with van der Waals surface area (Å²) in [6.45, 7) is 17.9. The van der Waals surface area contributed by atoms with E-state index in [2.05, 4.69) is 25.9 Å². The van der Waals surface area contributed by atoms with E-state index in [1.165, 1.54) is 4.68 Å². The van der Waals surface area contributed by atoms with Crippen LogP contribution in [0.2, 0.25) is 0 Å². The standard InChI is InChI=1S/C30H46N2O5/c1-16-14-30(17(2)11-20-21(28(20,7)8)12-19(15-33)24(30)35)29(9,18(3)34)25(16)37-26(36)22-13-23(27(4,5)6)31-32(22)10/h13-14,17-21,25,33-34H,11-12,15H2,1-10H3/t17-,18-,19-,20-,21+,25+,29?,30+/m1/s1. The van der Waals surface area contributed by atoms with E-state index in [1.54, 1.807) is 20.0 Å². The van der Waals surface area contributed by atoms with Crippen LogP contribution in [0.15, 0.2) is 17.7 Å². The molecule has 1 heterocycles. The van der Waals surface area contributed by atoms with E-state index >= 15 is 0 Å². The molecule has 3 aliphatic rings. The third kappa shape index (κ3) is 3.94. The second kappa shape index (κ2) is 8.77. The molecule has 2 fully saturated rings. The number of Topliss-reactive ketones (excluding diaryl/α,β-unsaturated/α-hetero) is 1. The lowest BCUT2D eigenvalue weighted by Crippen LogP contribution is -2.59. The van der Waals surface area contributed by atoms with Crippen molar-refractivity contribution >= 4 is 11.8 Å². The number of ether oxygens (including phenoxy) is 1. The van der Waals surface area contributed by atoms with Crippen LogP contribution in [0, 0.1) is 39.9 Å². The summed E-state index contributed by atoms with van der Waals surface area (Å²) in [5.74, 6) is -0.305. The van der Waals surface area contributed by atoms with E-state index in [0.29, 0.717) is 24.0 Å². The summed E-state index contributed by atoms with van der Waals surface area (Å²) in [6.07, 6.45) is 1.74. The van der Waals surface area contributed by atoms with Crippen LogP contribution in [0.5, 0.6) is 0 Å². The zero-order valence-corrected chi connectivity index (χ0v) is 24.3. The van der Waals surface area contributed by atoms with Crippen LogP contribution in [-0.2, 0) is 22.0 Å².